The summed E-state index contributed by atoms with van der Waals surface area (Å²) >= 11 is 2.79. The summed E-state index contributed by atoms with van der Waals surface area (Å²) in [6, 6.07) is 12.5. The molecular weight excluding hydrogens is 399 g/mol. The number of nitrogens with zero attached hydrogens (tertiary/aromatic N) is 1. The van der Waals surface area contributed by atoms with Gasteiger partial charge in [0.05, 0.1) is 11.6 Å². The number of aromatic nitrogens is 1. The first-order chi connectivity index (χ1) is 13.6. The second kappa shape index (κ2) is 9.48. The fourth-order valence-electron chi connectivity index (χ4n) is 2.55. The van der Waals surface area contributed by atoms with Crippen LogP contribution in [0.4, 0.5) is 4.39 Å². The normalized spacial score (nSPS) is 11.6. The van der Waals surface area contributed by atoms with Crippen molar-refractivity contribution in [2.24, 2.45) is 0 Å². The summed E-state index contributed by atoms with van der Waals surface area (Å²) in [6.07, 6.45) is 3.39. The van der Waals surface area contributed by atoms with Gasteiger partial charge in [-0.25, -0.2) is 14.2 Å². The highest BCUT2D eigenvalue weighted by molar-refractivity contribution is 7.98. The van der Waals surface area contributed by atoms with E-state index in [2.05, 4.69) is 10.3 Å². The van der Waals surface area contributed by atoms with Crippen molar-refractivity contribution in [1.29, 1.82) is 0 Å². The molecule has 2 aromatic heterocycles. The summed E-state index contributed by atoms with van der Waals surface area (Å²) in [4.78, 5) is 29.7. The topological polar surface area (TPSA) is 68.3 Å². The second-order valence-corrected chi connectivity index (χ2v) is 7.48. The summed E-state index contributed by atoms with van der Waals surface area (Å²) < 4.78 is 18.4. The van der Waals surface area contributed by atoms with Gasteiger partial charge in [0, 0.05) is 11.1 Å². The zero-order valence-corrected chi connectivity index (χ0v) is 16.6. The number of carbonyl (C=O) groups is 2. The molecule has 1 amide bonds. The van der Waals surface area contributed by atoms with Crippen LogP contribution in [0, 0.1) is 5.82 Å². The number of rotatable bonds is 7. The highest BCUT2D eigenvalue weighted by Gasteiger charge is 2.20. The third-order valence-corrected chi connectivity index (χ3v) is 5.50. The van der Waals surface area contributed by atoms with Crippen molar-refractivity contribution in [3.63, 3.8) is 0 Å². The van der Waals surface area contributed by atoms with E-state index in [1.54, 1.807) is 36.7 Å². The molecular formula is C20H17FN2O3S2. The van der Waals surface area contributed by atoms with Crippen LogP contribution in [0.3, 0.4) is 0 Å². The Labute approximate surface area is 170 Å². The van der Waals surface area contributed by atoms with Crippen LogP contribution in [-0.2, 0) is 9.53 Å². The monoisotopic (exact) mass is 416 g/mol. The lowest BCUT2D eigenvalue weighted by Gasteiger charge is -2.18. The minimum Gasteiger partial charge on any atom is -0.452 e. The third kappa shape index (κ3) is 4.96. The van der Waals surface area contributed by atoms with Gasteiger partial charge in [-0.1, -0.05) is 18.2 Å². The molecule has 0 unspecified atom stereocenters. The maximum absolute atomic E-state index is 13.2. The van der Waals surface area contributed by atoms with Crippen molar-refractivity contribution in [2.75, 3.05) is 12.9 Å². The lowest BCUT2D eigenvalue weighted by atomic mass is 10.1. The third-order valence-electron chi connectivity index (χ3n) is 3.86. The molecule has 0 saturated heterocycles. The van der Waals surface area contributed by atoms with Gasteiger partial charge in [0.25, 0.3) is 5.91 Å². The van der Waals surface area contributed by atoms with Crippen LogP contribution in [0.25, 0.3) is 0 Å². The Morgan fingerprint density at radius 3 is 2.68 bits per heavy atom. The number of nitrogens with one attached hydrogen (secondary N) is 1. The Morgan fingerprint density at radius 2 is 2.00 bits per heavy atom. The smallest absolute Gasteiger partial charge is 0.341 e. The van der Waals surface area contributed by atoms with E-state index in [0.717, 1.165) is 10.4 Å². The van der Waals surface area contributed by atoms with Crippen molar-refractivity contribution >= 4 is 35.0 Å². The van der Waals surface area contributed by atoms with Crippen molar-refractivity contribution in [3.8, 4) is 0 Å². The molecule has 5 nitrogen and oxygen atoms in total. The van der Waals surface area contributed by atoms with Crippen LogP contribution in [0.5, 0.6) is 0 Å². The van der Waals surface area contributed by atoms with E-state index in [9.17, 15) is 14.0 Å². The lowest BCUT2D eigenvalue weighted by molar-refractivity contribution is -0.124. The molecule has 1 atom stereocenters. The molecule has 28 heavy (non-hydrogen) atoms. The first-order valence-electron chi connectivity index (χ1n) is 8.33. The number of benzene rings is 1. The number of carbonyl (C=O) groups excluding carboxylic acids is 2. The summed E-state index contributed by atoms with van der Waals surface area (Å²) in [5, 5.41) is 5.27. The number of esters is 1. The SMILES string of the molecule is CSc1ncccc1C(=O)OCC(=O)N[C@H](c1ccc(F)cc1)c1cccs1. The first-order valence-corrected chi connectivity index (χ1v) is 10.4. The standard InChI is InChI=1S/C20H17FN2O3S2/c1-27-19-15(4-2-10-22-19)20(25)26-12-17(24)23-18(16-5-3-11-28-16)13-6-8-14(21)9-7-13/h2-11,18H,12H2,1H3,(H,23,24)/t18-/m1/s1. The number of pyridine rings is 1. The molecule has 3 aromatic rings. The van der Waals surface area contributed by atoms with Gasteiger partial charge in [0.15, 0.2) is 6.61 Å². The zero-order chi connectivity index (χ0) is 19.9. The number of amides is 1. The summed E-state index contributed by atoms with van der Waals surface area (Å²) in [7, 11) is 0. The molecule has 0 aliphatic rings. The van der Waals surface area contributed by atoms with E-state index in [1.165, 1.54) is 35.2 Å². The van der Waals surface area contributed by atoms with Crippen molar-refractivity contribution in [2.45, 2.75) is 11.1 Å². The number of halogens is 1. The summed E-state index contributed by atoms with van der Waals surface area (Å²) in [5.74, 6) is -1.41. The Kier molecular flexibility index (Phi) is 6.78. The summed E-state index contributed by atoms with van der Waals surface area (Å²) in [6.45, 7) is -0.426. The molecule has 1 aromatic carbocycles. The number of thiophene rings is 1. The van der Waals surface area contributed by atoms with Crippen LogP contribution in [0.1, 0.15) is 26.8 Å². The average Bonchev–Trinajstić information content (AvgIpc) is 3.25. The molecule has 2 heterocycles. The minimum absolute atomic E-state index is 0.316. The summed E-state index contributed by atoms with van der Waals surface area (Å²) in [5.41, 5.74) is 1.05. The fraction of sp³-hybridized carbons (Fsp3) is 0.150. The predicted octanol–water partition coefficient (Wildman–Crippen LogP) is 4.07. The zero-order valence-electron chi connectivity index (χ0n) is 14.9. The number of thioether (sulfide) groups is 1. The molecule has 1 N–H and O–H groups in total. The Bertz CT molecular complexity index is 946. The Balaban J connectivity index is 1.67. The van der Waals surface area contributed by atoms with Crippen molar-refractivity contribution in [1.82, 2.24) is 10.3 Å². The molecule has 0 aliphatic heterocycles. The van der Waals surface area contributed by atoms with Gasteiger partial charge in [0.2, 0.25) is 0 Å². The molecule has 0 aliphatic carbocycles. The molecule has 8 heteroatoms. The second-order valence-electron chi connectivity index (χ2n) is 5.70. The highest BCUT2D eigenvalue weighted by Crippen LogP contribution is 2.26. The fourth-order valence-corrected chi connectivity index (χ4v) is 3.89. The molecule has 3 rings (SSSR count). The first kappa shape index (κ1) is 20.0. The average molecular weight is 416 g/mol. The van der Waals surface area contributed by atoms with Gasteiger partial charge in [-0.3, -0.25) is 4.79 Å². The van der Waals surface area contributed by atoms with Crippen LogP contribution in [0.15, 0.2) is 65.1 Å². The van der Waals surface area contributed by atoms with E-state index in [-0.39, 0.29) is 5.82 Å². The largest absolute Gasteiger partial charge is 0.452 e. The van der Waals surface area contributed by atoms with Crippen LogP contribution in [-0.4, -0.2) is 29.7 Å². The van der Waals surface area contributed by atoms with E-state index >= 15 is 0 Å². The lowest BCUT2D eigenvalue weighted by Crippen LogP contribution is -2.32. The number of ether oxygens (including phenoxy) is 1. The minimum atomic E-state index is -0.609. The van der Waals surface area contributed by atoms with Crippen LogP contribution < -0.4 is 5.32 Å². The van der Waals surface area contributed by atoms with Crippen molar-refractivity contribution in [3.05, 3.63) is 81.9 Å². The van der Waals surface area contributed by atoms with E-state index in [0.29, 0.717) is 10.6 Å². The van der Waals surface area contributed by atoms with Gasteiger partial charge in [-0.15, -0.1) is 23.1 Å². The molecule has 0 spiro atoms. The van der Waals surface area contributed by atoms with E-state index in [4.69, 9.17) is 4.74 Å². The molecule has 0 saturated carbocycles. The Hall–Kier alpha value is -2.71. The molecule has 0 fully saturated rings. The molecule has 0 radical (unpaired) electrons. The van der Waals surface area contributed by atoms with Gasteiger partial charge in [0.1, 0.15) is 10.8 Å². The van der Waals surface area contributed by atoms with Gasteiger partial charge >= 0.3 is 5.97 Å². The quantitative estimate of drug-likeness (QED) is 0.465. The number of hydrogen-bond donors (Lipinski definition) is 1. The van der Waals surface area contributed by atoms with Gasteiger partial charge in [-0.05, 0) is 47.5 Å². The number of hydrogen-bond acceptors (Lipinski definition) is 6. The van der Waals surface area contributed by atoms with Crippen LogP contribution >= 0.6 is 23.1 Å². The van der Waals surface area contributed by atoms with Crippen LogP contribution in [0.2, 0.25) is 0 Å². The highest BCUT2D eigenvalue weighted by atomic mass is 32.2. The van der Waals surface area contributed by atoms with E-state index < -0.39 is 24.5 Å². The van der Waals surface area contributed by atoms with Crippen molar-refractivity contribution < 1.29 is 18.7 Å². The maximum atomic E-state index is 13.2. The van der Waals surface area contributed by atoms with Gasteiger partial charge in [-0.2, -0.15) is 0 Å². The predicted molar refractivity (Wildman–Crippen MR) is 107 cm³/mol. The molecule has 144 valence electrons. The van der Waals surface area contributed by atoms with Gasteiger partial charge < -0.3 is 10.1 Å². The maximum Gasteiger partial charge on any atom is 0.341 e. The van der Waals surface area contributed by atoms with E-state index in [1.807, 2.05) is 17.5 Å². The molecule has 0 bridgehead atoms. The Morgan fingerprint density at radius 1 is 1.21 bits per heavy atom.